The fourth-order valence-electron chi connectivity index (χ4n) is 3.77. The van der Waals surface area contributed by atoms with E-state index in [0.717, 1.165) is 63.5 Å². The summed E-state index contributed by atoms with van der Waals surface area (Å²) in [5.74, 6) is 1.08. The number of aromatic nitrogens is 3. The summed E-state index contributed by atoms with van der Waals surface area (Å²) in [6.07, 6.45) is 4.83. The van der Waals surface area contributed by atoms with Gasteiger partial charge in [0.2, 0.25) is 5.91 Å². The van der Waals surface area contributed by atoms with Crippen molar-refractivity contribution in [1.82, 2.24) is 25.4 Å². The van der Waals surface area contributed by atoms with Crippen molar-refractivity contribution in [1.29, 1.82) is 0 Å². The minimum atomic E-state index is 0.00728. The molecule has 0 saturated carbocycles. The van der Waals surface area contributed by atoms with Crippen molar-refractivity contribution in [3.63, 3.8) is 0 Å². The number of aryl methyl sites for hydroxylation is 1. The lowest BCUT2D eigenvalue weighted by Crippen LogP contribution is -2.43. The van der Waals surface area contributed by atoms with Crippen LogP contribution in [0, 0.1) is 5.92 Å². The highest BCUT2D eigenvalue weighted by molar-refractivity contribution is 5.79. The molecule has 2 aliphatic rings. The second kappa shape index (κ2) is 7.86. The summed E-state index contributed by atoms with van der Waals surface area (Å²) < 4.78 is 2.06. The predicted octanol–water partition coefficient (Wildman–Crippen LogP) is 1.30. The molecule has 0 spiro atoms. The topological polar surface area (TPSA) is 75.1 Å². The molecule has 1 atom stereocenters. The highest BCUT2D eigenvalue weighted by atomic mass is 16.1. The molecule has 0 bridgehead atoms. The van der Waals surface area contributed by atoms with Crippen LogP contribution in [0.1, 0.15) is 30.7 Å². The molecule has 2 aliphatic heterocycles. The van der Waals surface area contributed by atoms with Crippen LogP contribution in [0.25, 0.3) is 0 Å². The average Bonchev–Trinajstić information content (AvgIpc) is 2.96. The van der Waals surface area contributed by atoms with Crippen molar-refractivity contribution in [3.05, 3.63) is 41.9 Å². The Morgan fingerprint density at radius 1 is 1.31 bits per heavy atom. The molecule has 7 heteroatoms. The quantitative estimate of drug-likeness (QED) is 0.866. The number of fused-ring (bicyclic) bond motifs is 1. The minimum absolute atomic E-state index is 0.00728. The smallest absolute Gasteiger partial charge is 0.225 e. The first-order valence-corrected chi connectivity index (χ1v) is 9.49. The lowest BCUT2D eigenvalue weighted by molar-refractivity contribution is -0.125. The molecule has 138 valence electrons. The first-order valence-electron chi connectivity index (χ1n) is 9.49. The van der Waals surface area contributed by atoms with Crippen LogP contribution in [0.4, 0.5) is 5.82 Å². The van der Waals surface area contributed by atoms with Gasteiger partial charge in [0.05, 0.1) is 23.9 Å². The molecule has 1 saturated heterocycles. The Hall–Kier alpha value is -2.41. The minimum Gasteiger partial charge on any atom is -0.356 e. The van der Waals surface area contributed by atoms with E-state index in [1.54, 1.807) is 6.20 Å². The van der Waals surface area contributed by atoms with E-state index in [0.29, 0.717) is 6.54 Å². The first-order chi connectivity index (χ1) is 12.8. The molecular weight excluding hydrogens is 328 g/mol. The van der Waals surface area contributed by atoms with E-state index >= 15 is 0 Å². The van der Waals surface area contributed by atoms with Gasteiger partial charge in [-0.2, -0.15) is 5.10 Å². The van der Waals surface area contributed by atoms with E-state index in [1.165, 1.54) is 5.69 Å². The number of piperidine rings is 1. The Balaban J connectivity index is 1.33. The van der Waals surface area contributed by atoms with Crippen molar-refractivity contribution in [2.75, 3.05) is 24.5 Å². The monoisotopic (exact) mass is 354 g/mol. The number of nitrogens with zero attached hydrogens (tertiary/aromatic N) is 4. The molecular formula is C19H26N6O. The van der Waals surface area contributed by atoms with Gasteiger partial charge in [0.15, 0.2) is 0 Å². The van der Waals surface area contributed by atoms with Crippen molar-refractivity contribution < 1.29 is 4.79 Å². The largest absolute Gasteiger partial charge is 0.356 e. The van der Waals surface area contributed by atoms with E-state index < -0.39 is 0 Å². The molecule has 4 heterocycles. The molecule has 1 fully saturated rings. The third-order valence-corrected chi connectivity index (χ3v) is 5.15. The van der Waals surface area contributed by atoms with Gasteiger partial charge in [-0.3, -0.25) is 9.48 Å². The standard InChI is InChI=1S/C19H26N6O/c26-19(15-5-3-9-24(14-15)18-6-1-2-8-21-18)22-12-16-11-17-13-20-7-4-10-25(17)23-16/h1-2,6,8,11,15,20H,3-5,7,9-10,12-14H2,(H,22,26). The maximum absolute atomic E-state index is 12.6. The Bertz CT molecular complexity index is 720. The van der Waals surface area contributed by atoms with Crippen molar-refractivity contribution in [2.45, 2.75) is 38.9 Å². The van der Waals surface area contributed by atoms with Crippen LogP contribution in [0.2, 0.25) is 0 Å². The maximum atomic E-state index is 12.6. The molecule has 1 unspecified atom stereocenters. The molecule has 26 heavy (non-hydrogen) atoms. The zero-order valence-electron chi connectivity index (χ0n) is 15.0. The van der Waals surface area contributed by atoms with Crippen LogP contribution < -0.4 is 15.5 Å². The summed E-state index contributed by atoms with van der Waals surface area (Å²) >= 11 is 0. The molecule has 7 nitrogen and oxygen atoms in total. The SMILES string of the molecule is O=C(NCc1cc2n(n1)CCCNC2)C1CCCN(c2ccccn2)C1. The number of hydrogen-bond acceptors (Lipinski definition) is 5. The molecule has 0 aliphatic carbocycles. The van der Waals surface area contributed by atoms with Gasteiger partial charge in [-0.25, -0.2) is 4.98 Å². The third-order valence-electron chi connectivity index (χ3n) is 5.15. The fraction of sp³-hybridized carbons (Fsp3) is 0.526. The Labute approximate surface area is 153 Å². The average molecular weight is 354 g/mol. The Morgan fingerprint density at radius 2 is 2.27 bits per heavy atom. The number of nitrogens with one attached hydrogen (secondary N) is 2. The fourth-order valence-corrected chi connectivity index (χ4v) is 3.77. The molecule has 2 N–H and O–H groups in total. The molecule has 0 aromatic carbocycles. The van der Waals surface area contributed by atoms with Crippen LogP contribution in [0.15, 0.2) is 30.5 Å². The van der Waals surface area contributed by atoms with Crippen molar-refractivity contribution in [3.8, 4) is 0 Å². The summed E-state index contributed by atoms with van der Waals surface area (Å²) in [5, 5.41) is 11.1. The molecule has 0 radical (unpaired) electrons. The Kier molecular flexibility index (Phi) is 5.15. The van der Waals surface area contributed by atoms with Gasteiger partial charge >= 0.3 is 0 Å². The summed E-state index contributed by atoms with van der Waals surface area (Å²) in [5.41, 5.74) is 2.14. The second-order valence-corrected chi connectivity index (χ2v) is 7.07. The summed E-state index contributed by atoms with van der Waals surface area (Å²) in [6.45, 7) is 5.01. The summed E-state index contributed by atoms with van der Waals surface area (Å²) in [7, 11) is 0. The molecule has 4 rings (SSSR count). The zero-order chi connectivity index (χ0) is 17.8. The van der Waals surface area contributed by atoms with Gasteiger partial charge in [-0.05, 0) is 44.0 Å². The number of anilines is 1. The molecule has 1 amide bonds. The normalized spacial score (nSPS) is 20.3. The predicted molar refractivity (Wildman–Crippen MR) is 99.6 cm³/mol. The molecule has 2 aromatic rings. The van der Waals surface area contributed by atoms with Gasteiger partial charge in [0, 0.05) is 32.4 Å². The highest BCUT2D eigenvalue weighted by Crippen LogP contribution is 2.21. The number of pyridine rings is 1. The first kappa shape index (κ1) is 17.0. The molecule has 2 aromatic heterocycles. The number of carbonyl (C=O) groups excluding carboxylic acids is 1. The van der Waals surface area contributed by atoms with E-state index in [1.807, 2.05) is 18.2 Å². The van der Waals surface area contributed by atoms with Crippen molar-refractivity contribution in [2.24, 2.45) is 5.92 Å². The van der Waals surface area contributed by atoms with Crippen molar-refractivity contribution >= 4 is 11.7 Å². The zero-order valence-corrected chi connectivity index (χ0v) is 15.0. The number of carbonyl (C=O) groups is 1. The van der Waals surface area contributed by atoms with Gasteiger partial charge in [0.1, 0.15) is 5.82 Å². The van der Waals surface area contributed by atoms with E-state index in [9.17, 15) is 4.79 Å². The summed E-state index contributed by atoms with van der Waals surface area (Å²) in [6, 6.07) is 8.01. The van der Waals surface area contributed by atoms with Crippen LogP contribution in [0.3, 0.4) is 0 Å². The van der Waals surface area contributed by atoms with Gasteiger partial charge in [-0.1, -0.05) is 6.07 Å². The number of amides is 1. The lowest BCUT2D eigenvalue weighted by Gasteiger charge is -2.32. The maximum Gasteiger partial charge on any atom is 0.225 e. The second-order valence-electron chi connectivity index (χ2n) is 7.07. The van der Waals surface area contributed by atoms with Crippen LogP contribution in [-0.2, 0) is 24.4 Å². The van der Waals surface area contributed by atoms with Crippen LogP contribution in [-0.4, -0.2) is 40.3 Å². The Morgan fingerprint density at radius 3 is 3.15 bits per heavy atom. The van der Waals surface area contributed by atoms with E-state index in [2.05, 4.69) is 36.4 Å². The van der Waals surface area contributed by atoms with Crippen LogP contribution >= 0.6 is 0 Å². The van der Waals surface area contributed by atoms with Gasteiger partial charge in [-0.15, -0.1) is 0 Å². The van der Waals surface area contributed by atoms with Crippen LogP contribution in [0.5, 0.6) is 0 Å². The number of rotatable bonds is 4. The van der Waals surface area contributed by atoms with E-state index in [4.69, 9.17) is 0 Å². The summed E-state index contributed by atoms with van der Waals surface area (Å²) in [4.78, 5) is 19.3. The number of hydrogen-bond donors (Lipinski definition) is 2. The highest BCUT2D eigenvalue weighted by Gasteiger charge is 2.26. The van der Waals surface area contributed by atoms with Gasteiger partial charge in [0.25, 0.3) is 0 Å². The lowest BCUT2D eigenvalue weighted by atomic mass is 9.97. The third kappa shape index (κ3) is 3.88. The van der Waals surface area contributed by atoms with Gasteiger partial charge < -0.3 is 15.5 Å². The van der Waals surface area contributed by atoms with E-state index in [-0.39, 0.29) is 11.8 Å².